The van der Waals surface area contributed by atoms with Gasteiger partial charge in [-0.25, -0.2) is 8.42 Å². The zero-order valence-electron chi connectivity index (χ0n) is 14.3. The van der Waals surface area contributed by atoms with Crippen LogP contribution in [0.1, 0.15) is 29.6 Å². The van der Waals surface area contributed by atoms with Crippen LogP contribution in [0.2, 0.25) is 10.0 Å². The first-order valence-electron chi connectivity index (χ1n) is 8.42. The Morgan fingerprint density at radius 2 is 1.81 bits per heavy atom. The molecule has 2 saturated heterocycles. The number of hydrogen-bond donors (Lipinski definition) is 0. The molecular formula is C17H20Cl2N2O4S. The van der Waals surface area contributed by atoms with Crippen molar-refractivity contribution in [3.63, 3.8) is 0 Å². The van der Waals surface area contributed by atoms with E-state index in [0.29, 0.717) is 41.4 Å². The van der Waals surface area contributed by atoms with Crippen LogP contribution in [-0.4, -0.2) is 67.2 Å². The van der Waals surface area contributed by atoms with E-state index >= 15 is 0 Å². The summed E-state index contributed by atoms with van der Waals surface area (Å²) in [5.74, 6) is -0.424. The lowest BCUT2D eigenvalue weighted by molar-refractivity contribution is -0.135. The molecule has 0 saturated carbocycles. The van der Waals surface area contributed by atoms with Crippen LogP contribution in [0.25, 0.3) is 0 Å². The molecule has 9 heteroatoms. The van der Waals surface area contributed by atoms with Crippen molar-refractivity contribution in [2.24, 2.45) is 0 Å². The van der Waals surface area contributed by atoms with E-state index in [4.69, 9.17) is 23.2 Å². The molecule has 6 nitrogen and oxygen atoms in total. The molecular weight excluding hydrogens is 399 g/mol. The standard InChI is InChI=1S/C17H20Cl2N2O4S/c1-20(14-4-6-26(24,25)10-14)17(23)15-3-2-5-21(15)16(22)11-7-12(18)9-13(19)8-11/h7-9,14-15H,2-6,10H2,1H3/t14-,15-/m1/s1. The Balaban J connectivity index is 1.77. The van der Waals surface area contributed by atoms with E-state index in [1.165, 1.54) is 21.9 Å². The van der Waals surface area contributed by atoms with Gasteiger partial charge in [-0.3, -0.25) is 9.59 Å². The Hall–Kier alpha value is -1.31. The highest BCUT2D eigenvalue weighted by atomic mass is 35.5. The minimum atomic E-state index is -3.08. The number of carbonyl (C=O) groups is 2. The Labute approximate surface area is 163 Å². The first kappa shape index (κ1) is 19.5. The zero-order valence-corrected chi connectivity index (χ0v) is 16.6. The van der Waals surface area contributed by atoms with Crippen molar-refractivity contribution in [1.29, 1.82) is 0 Å². The molecule has 0 bridgehead atoms. The number of sulfone groups is 1. The maximum absolute atomic E-state index is 12.9. The fourth-order valence-electron chi connectivity index (χ4n) is 3.61. The third-order valence-electron chi connectivity index (χ3n) is 5.01. The van der Waals surface area contributed by atoms with Gasteiger partial charge in [-0.2, -0.15) is 0 Å². The molecule has 2 heterocycles. The zero-order chi connectivity index (χ0) is 19.1. The molecule has 1 aromatic carbocycles. The first-order valence-corrected chi connectivity index (χ1v) is 11.0. The number of nitrogens with zero attached hydrogens (tertiary/aromatic N) is 2. The molecule has 2 amide bonds. The molecule has 1 aromatic rings. The van der Waals surface area contributed by atoms with Crippen molar-refractivity contribution in [2.75, 3.05) is 25.1 Å². The first-order chi connectivity index (χ1) is 12.2. The van der Waals surface area contributed by atoms with Gasteiger partial charge < -0.3 is 9.80 Å². The smallest absolute Gasteiger partial charge is 0.254 e. The van der Waals surface area contributed by atoms with Crippen molar-refractivity contribution < 1.29 is 18.0 Å². The molecule has 2 aliphatic heterocycles. The largest absolute Gasteiger partial charge is 0.340 e. The van der Waals surface area contributed by atoms with Crippen LogP contribution < -0.4 is 0 Å². The number of likely N-dealkylation sites (tertiary alicyclic amines) is 1. The summed E-state index contributed by atoms with van der Waals surface area (Å²) in [6, 6.07) is 3.69. The maximum Gasteiger partial charge on any atom is 0.254 e. The molecule has 0 radical (unpaired) electrons. The van der Waals surface area contributed by atoms with Crippen molar-refractivity contribution in [2.45, 2.75) is 31.3 Å². The molecule has 0 N–H and O–H groups in total. The number of halogens is 2. The number of hydrogen-bond acceptors (Lipinski definition) is 4. The molecule has 26 heavy (non-hydrogen) atoms. The van der Waals surface area contributed by atoms with Gasteiger partial charge in [-0.1, -0.05) is 23.2 Å². The quantitative estimate of drug-likeness (QED) is 0.753. The molecule has 0 aliphatic carbocycles. The lowest BCUT2D eigenvalue weighted by atomic mass is 10.1. The summed E-state index contributed by atoms with van der Waals surface area (Å²) < 4.78 is 23.4. The van der Waals surface area contributed by atoms with E-state index in [0.717, 1.165) is 0 Å². The van der Waals surface area contributed by atoms with E-state index in [2.05, 4.69) is 0 Å². The normalized spacial score (nSPS) is 24.7. The van der Waals surface area contributed by atoms with E-state index in [9.17, 15) is 18.0 Å². The van der Waals surface area contributed by atoms with Crippen molar-refractivity contribution in [1.82, 2.24) is 9.80 Å². The Morgan fingerprint density at radius 3 is 2.38 bits per heavy atom. The van der Waals surface area contributed by atoms with Crippen molar-refractivity contribution in [3.05, 3.63) is 33.8 Å². The summed E-state index contributed by atoms with van der Waals surface area (Å²) in [7, 11) is -1.47. The molecule has 0 spiro atoms. The van der Waals surface area contributed by atoms with Crippen LogP contribution in [-0.2, 0) is 14.6 Å². The fourth-order valence-corrected chi connectivity index (χ4v) is 5.91. The number of likely N-dealkylation sites (N-methyl/N-ethyl adjacent to an activating group) is 1. The highest BCUT2D eigenvalue weighted by Crippen LogP contribution is 2.26. The van der Waals surface area contributed by atoms with E-state index in [1.54, 1.807) is 13.1 Å². The van der Waals surface area contributed by atoms with Crippen LogP contribution in [0.4, 0.5) is 0 Å². The van der Waals surface area contributed by atoms with E-state index < -0.39 is 15.9 Å². The van der Waals surface area contributed by atoms with Gasteiger partial charge >= 0.3 is 0 Å². The number of rotatable bonds is 3. The molecule has 2 fully saturated rings. The monoisotopic (exact) mass is 418 g/mol. The summed E-state index contributed by atoms with van der Waals surface area (Å²) in [6.45, 7) is 0.468. The second kappa shape index (κ2) is 7.37. The predicted octanol–water partition coefficient (Wildman–Crippen LogP) is 2.24. The van der Waals surface area contributed by atoms with Gasteiger partial charge in [0.05, 0.1) is 11.5 Å². The molecule has 3 rings (SSSR count). The van der Waals surface area contributed by atoms with Crippen LogP contribution >= 0.6 is 23.2 Å². The van der Waals surface area contributed by atoms with Gasteiger partial charge in [0.25, 0.3) is 5.91 Å². The summed E-state index contributed by atoms with van der Waals surface area (Å²) in [4.78, 5) is 28.8. The number of benzene rings is 1. The lowest BCUT2D eigenvalue weighted by Gasteiger charge is -2.31. The van der Waals surface area contributed by atoms with Crippen LogP contribution in [0.15, 0.2) is 18.2 Å². The third kappa shape index (κ3) is 4.00. The SMILES string of the molecule is CN(C(=O)[C@H]1CCCN1C(=O)c1cc(Cl)cc(Cl)c1)[C@@H]1CCS(=O)(=O)C1. The van der Waals surface area contributed by atoms with Gasteiger partial charge in [0.2, 0.25) is 5.91 Å². The summed E-state index contributed by atoms with van der Waals surface area (Å²) in [6.07, 6.45) is 1.71. The van der Waals surface area contributed by atoms with Gasteiger partial charge in [-0.15, -0.1) is 0 Å². The molecule has 2 atom stereocenters. The molecule has 0 unspecified atom stereocenters. The Morgan fingerprint density at radius 1 is 1.15 bits per heavy atom. The molecule has 142 valence electrons. The number of carbonyl (C=O) groups excluding carboxylic acids is 2. The summed E-state index contributed by atoms with van der Waals surface area (Å²) in [5.41, 5.74) is 0.341. The average Bonchev–Trinajstić information content (AvgIpc) is 3.18. The van der Waals surface area contributed by atoms with E-state index in [-0.39, 0.29) is 29.4 Å². The van der Waals surface area contributed by atoms with Gasteiger partial charge in [-0.05, 0) is 37.5 Å². The van der Waals surface area contributed by atoms with E-state index in [1.807, 2.05) is 0 Å². The highest BCUT2D eigenvalue weighted by molar-refractivity contribution is 7.91. The van der Waals surface area contributed by atoms with Gasteiger partial charge in [0.15, 0.2) is 9.84 Å². The molecule has 0 aromatic heterocycles. The van der Waals surface area contributed by atoms with Crippen LogP contribution in [0.3, 0.4) is 0 Å². The van der Waals surface area contributed by atoms with Crippen molar-refractivity contribution in [3.8, 4) is 0 Å². The second-order valence-electron chi connectivity index (χ2n) is 6.82. The topological polar surface area (TPSA) is 74.8 Å². The molecule has 2 aliphatic rings. The summed E-state index contributed by atoms with van der Waals surface area (Å²) in [5, 5.41) is 0.715. The van der Waals surface area contributed by atoms with Crippen LogP contribution in [0, 0.1) is 0 Å². The highest BCUT2D eigenvalue weighted by Gasteiger charge is 2.40. The second-order valence-corrected chi connectivity index (χ2v) is 9.92. The fraction of sp³-hybridized carbons (Fsp3) is 0.529. The predicted molar refractivity (Wildman–Crippen MR) is 100 cm³/mol. The van der Waals surface area contributed by atoms with Gasteiger partial charge in [0.1, 0.15) is 6.04 Å². The average molecular weight is 419 g/mol. The third-order valence-corrected chi connectivity index (χ3v) is 7.20. The van der Waals surface area contributed by atoms with Gasteiger partial charge in [0, 0.05) is 35.2 Å². The Kier molecular flexibility index (Phi) is 5.51. The minimum absolute atomic E-state index is 0.0141. The Bertz CT molecular complexity index is 823. The lowest BCUT2D eigenvalue weighted by Crippen LogP contribution is -2.49. The minimum Gasteiger partial charge on any atom is -0.340 e. The summed E-state index contributed by atoms with van der Waals surface area (Å²) >= 11 is 12.0. The van der Waals surface area contributed by atoms with Crippen molar-refractivity contribution >= 4 is 44.9 Å². The van der Waals surface area contributed by atoms with Crippen LogP contribution in [0.5, 0.6) is 0 Å². The number of amides is 2. The maximum atomic E-state index is 12.9.